The number of para-hydroxylation sites is 1. The number of thioether (sulfide) groups is 1. The Morgan fingerprint density at radius 1 is 1.38 bits per heavy atom. The summed E-state index contributed by atoms with van der Waals surface area (Å²) in [4.78, 5) is 10.9. The van der Waals surface area contributed by atoms with Crippen LogP contribution >= 0.6 is 11.8 Å². The normalized spacial score (nSPS) is 14.9. The molecule has 1 aromatic heterocycles. The lowest BCUT2D eigenvalue weighted by molar-refractivity contribution is -0.140. The second-order valence-electron chi connectivity index (χ2n) is 5.38. The van der Waals surface area contributed by atoms with Gasteiger partial charge in [-0.3, -0.25) is 4.79 Å². The lowest BCUT2D eigenvalue weighted by atomic mass is 10.2. The molecular formula is C16H18N2O2S. The van der Waals surface area contributed by atoms with Crippen LogP contribution < -0.4 is 0 Å². The largest absolute Gasteiger partial charge is 0.481 e. The van der Waals surface area contributed by atoms with Crippen molar-refractivity contribution in [1.29, 1.82) is 0 Å². The number of hydrogen-bond acceptors (Lipinski definition) is 3. The third kappa shape index (κ3) is 2.83. The summed E-state index contributed by atoms with van der Waals surface area (Å²) in [6.45, 7) is 1.74. The molecule has 0 fully saturated rings. The van der Waals surface area contributed by atoms with Crippen molar-refractivity contribution in [3.05, 3.63) is 41.6 Å². The molecule has 1 aliphatic rings. The molecule has 3 rings (SSSR count). The summed E-state index contributed by atoms with van der Waals surface area (Å²) in [7, 11) is 0. The van der Waals surface area contributed by atoms with E-state index >= 15 is 0 Å². The molecule has 110 valence electrons. The summed E-state index contributed by atoms with van der Waals surface area (Å²) >= 11 is 1.56. The molecule has 1 aromatic carbocycles. The van der Waals surface area contributed by atoms with E-state index in [0.717, 1.165) is 30.0 Å². The van der Waals surface area contributed by atoms with E-state index in [0.29, 0.717) is 5.75 Å². The summed E-state index contributed by atoms with van der Waals surface area (Å²) in [5.74, 6) is -0.538. The average molecular weight is 302 g/mol. The first-order valence-corrected chi connectivity index (χ1v) is 8.17. The molecule has 0 saturated heterocycles. The van der Waals surface area contributed by atoms with Gasteiger partial charge in [-0.2, -0.15) is 5.10 Å². The zero-order valence-corrected chi connectivity index (χ0v) is 12.8. The van der Waals surface area contributed by atoms with Crippen LogP contribution in [0.1, 0.15) is 24.6 Å². The minimum atomic E-state index is -0.748. The maximum absolute atomic E-state index is 10.9. The molecule has 0 saturated carbocycles. The van der Waals surface area contributed by atoms with E-state index in [-0.39, 0.29) is 5.92 Å². The summed E-state index contributed by atoms with van der Waals surface area (Å²) in [5, 5.41) is 14.7. The van der Waals surface area contributed by atoms with Crippen molar-refractivity contribution in [2.24, 2.45) is 5.92 Å². The molecule has 1 heterocycles. The fourth-order valence-corrected chi connectivity index (χ4v) is 3.66. The van der Waals surface area contributed by atoms with E-state index in [1.54, 1.807) is 18.7 Å². The fraction of sp³-hybridized carbons (Fsp3) is 0.375. The van der Waals surface area contributed by atoms with Crippen molar-refractivity contribution in [1.82, 2.24) is 9.78 Å². The van der Waals surface area contributed by atoms with Crippen molar-refractivity contribution in [3.8, 4) is 5.69 Å². The van der Waals surface area contributed by atoms with Crippen LogP contribution in [0.25, 0.3) is 5.69 Å². The number of nitrogens with zero attached hydrogens (tertiary/aromatic N) is 2. The van der Waals surface area contributed by atoms with Gasteiger partial charge in [0, 0.05) is 17.0 Å². The Hall–Kier alpha value is -1.75. The molecule has 1 atom stereocenters. The number of hydrogen-bond donors (Lipinski definition) is 1. The minimum Gasteiger partial charge on any atom is -0.481 e. The maximum Gasteiger partial charge on any atom is 0.307 e. The SMILES string of the molecule is CC(CSc1nn(-c2ccccc2)c2c1CCC2)C(=O)O. The number of carboxylic acids is 1. The van der Waals surface area contributed by atoms with E-state index < -0.39 is 5.97 Å². The van der Waals surface area contributed by atoms with E-state index in [4.69, 9.17) is 10.2 Å². The average Bonchev–Trinajstić information content (AvgIpc) is 3.08. The number of fused-ring (bicyclic) bond motifs is 1. The number of rotatable bonds is 5. The van der Waals surface area contributed by atoms with E-state index in [9.17, 15) is 4.79 Å². The molecule has 1 aliphatic carbocycles. The van der Waals surface area contributed by atoms with Crippen LogP contribution in [-0.2, 0) is 17.6 Å². The van der Waals surface area contributed by atoms with Gasteiger partial charge in [0.25, 0.3) is 0 Å². The molecular weight excluding hydrogens is 284 g/mol. The van der Waals surface area contributed by atoms with Gasteiger partial charge in [0.2, 0.25) is 0 Å². The maximum atomic E-state index is 10.9. The van der Waals surface area contributed by atoms with Gasteiger partial charge in [-0.05, 0) is 31.4 Å². The minimum absolute atomic E-state index is 0.353. The summed E-state index contributed by atoms with van der Waals surface area (Å²) in [6.07, 6.45) is 3.25. The van der Waals surface area contributed by atoms with Crippen molar-refractivity contribution in [3.63, 3.8) is 0 Å². The van der Waals surface area contributed by atoms with Gasteiger partial charge in [-0.1, -0.05) is 25.1 Å². The molecule has 2 aromatic rings. The summed E-state index contributed by atoms with van der Waals surface area (Å²) in [6, 6.07) is 10.1. The molecule has 5 heteroatoms. The molecule has 0 spiro atoms. The van der Waals surface area contributed by atoms with Gasteiger partial charge in [-0.25, -0.2) is 4.68 Å². The van der Waals surface area contributed by atoms with Gasteiger partial charge in [0.05, 0.1) is 11.6 Å². The molecule has 1 unspecified atom stereocenters. The van der Waals surface area contributed by atoms with Crippen LogP contribution in [-0.4, -0.2) is 26.6 Å². The van der Waals surface area contributed by atoms with Gasteiger partial charge in [0.1, 0.15) is 5.03 Å². The standard InChI is InChI=1S/C16H18N2O2S/c1-11(16(19)20)10-21-15-13-8-5-9-14(13)18(17-15)12-6-3-2-4-7-12/h2-4,6-7,11H,5,8-10H2,1H3,(H,19,20). The number of carboxylic acid groups (broad SMARTS) is 1. The molecule has 0 amide bonds. The topological polar surface area (TPSA) is 55.1 Å². The zero-order valence-electron chi connectivity index (χ0n) is 12.0. The van der Waals surface area contributed by atoms with Crippen LogP contribution in [0.3, 0.4) is 0 Å². The molecule has 0 radical (unpaired) electrons. The first kappa shape index (κ1) is 14.2. The first-order chi connectivity index (χ1) is 10.2. The van der Waals surface area contributed by atoms with Crippen molar-refractivity contribution in [2.45, 2.75) is 31.2 Å². The molecule has 21 heavy (non-hydrogen) atoms. The van der Waals surface area contributed by atoms with Crippen LogP contribution in [0.2, 0.25) is 0 Å². The number of aliphatic carboxylic acids is 1. The van der Waals surface area contributed by atoms with Crippen LogP contribution in [0.15, 0.2) is 35.4 Å². The smallest absolute Gasteiger partial charge is 0.307 e. The van der Waals surface area contributed by atoms with Crippen LogP contribution in [0, 0.1) is 5.92 Å². The highest BCUT2D eigenvalue weighted by molar-refractivity contribution is 7.99. The van der Waals surface area contributed by atoms with Gasteiger partial charge in [0.15, 0.2) is 0 Å². The second kappa shape index (κ2) is 5.93. The summed E-state index contributed by atoms with van der Waals surface area (Å²) in [5.41, 5.74) is 3.67. The highest BCUT2D eigenvalue weighted by Gasteiger charge is 2.24. The monoisotopic (exact) mass is 302 g/mol. The number of aromatic nitrogens is 2. The Labute approximate surface area is 128 Å². The second-order valence-corrected chi connectivity index (χ2v) is 6.39. The van der Waals surface area contributed by atoms with Crippen LogP contribution in [0.5, 0.6) is 0 Å². The number of carbonyl (C=O) groups is 1. The molecule has 4 nitrogen and oxygen atoms in total. The first-order valence-electron chi connectivity index (χ1n) is 7.18. The molecule has 0 aliphatic heterocycles. The Balaban J connectivity index is 1.88. The van der Waals surface area contributed by atoms with E-state index in [2.05, 4.69) is 12.1 Å². The van der Waals surface area contributed by atoms with Crippen molar-refractivity contribution < 1.29 is 9.90 Å². The molecule has 1 N–H and O–H groups in total. The van der Waals surface area contributed by atoms with E-state index in [1.165, 1.54) is 11.3 Å². The Bertz CT molecular complexity index is 652. The number of benzene rings is 1. The Morgan fingerprint density at radius 2 is 2.14 bits per heavy atom. The van der Waals surface area contributed by atoms with Gasteiger partial charge >= 0.3 is 5.97 Å². The highest BCUT2D eigenvalue weighted by atomic mass is 32.2. The zero-order chi connectivity index (χ0) is 14.8. The van der Waals surface area contributed by atoms with Crippen molar-refractivity contribution >= 4 is 17.7 Å². The quantitative estimate of drug-likeness (QED) is 0.862. The third-order valence-electron chi connectivity index (χ3n) is 3.79. The Kier molecular flexibility index (Phi) is 4.01. The van der Waals surface area contributed by atoms with Gasteiger partial charge in [-0.15, -0.1) is 11.8 Å². The van der Waals surface area contributed by atoms with Gasteiger partial charge < -0.3 is 5.11 Å². The lowest BCUT2D eigenvalue weighted by Crippen LogP contribution is -2.11. The third-order valence-corrected chi connectivity index (χ3v) is 5.05. The lowest BCUT2D eigenvalue weighted by Gasteiger charge is -2.05. The van der Waals surface area contributed by atoms with E-state index in [1.807, 2.05) is 22.9 Å². The predicted octanol–water partition coefficient (Wildman–Crippen LogP) is 3.17. The Morgan fingerprint density at radius 3 is 2.86 bits per heavy atom. The predicted molar refractivity (Wildman–Crippen MR) is 83.1 cm³/mol. The van der Waals surface area contributed by atoms with Crippen LogP contribution in [0.4, 0.5) is 0 Å². The fourth-order valence-electron chi connectivity index (χ4n) is 2.58. The molecule has 0 bridgehead atoms. The highest BCUT2D eigenvalue weighted by Crippen LogP contribution is 2.33. The summed E-state index contributed by atoms with van der Waals surface area (Å²) < 4.78 is 2.02. The van der Waals surface area contributed by atoms with Crippen molar-refractivity contribution in [2.75, 3.05) is 5.75 Å².